The van der Waals surface area contributed by atoms with Crippen LogP contribution >= 0.6 is 0 Å². The highest BCUT2D eigenvalue weighted by molar-refractivity contribution is 5.69. The number of benzene rings is 1. The number of aliphatic carboxylic acids is 1. The van der Waals surface area contributed by atoms with Gasteiger partial charge in [0.15, 0.2) is 0 Å². The van der Waals surface area contributed by atoms with Gasteiger partial charge in [0.2, 0.25) is 0 Å². The lowest BCUT2D eigenvalue weighted by atomic mass is 10.2. The third-order valence-electron chi connectivity index (χ3n) is 3.09. The molecule has 0 amide bonds. The SMILES string of the molecule is O=C(O)CN(Cc1ccccc1)C[C@@H]1CCCO1. The van der Waals surface area contributed by atoms with Gasteiger partial charge in [-0.1, -0.05) is 30.3 Å². The molecule has 1 heterocycles. The largest absolute Gasteiger partial charge is 0.480 e. The van der Waals surface area contributed by atoms with E-state index in [1.165, 1.54) is 0 Å². The van der Waals surface area contributed by atoms with Gasteiger partial charge in [0, 0.05) is 19.7 Å². The smallest absolute Gasteiger partial charge is 0.317 e. The number of carbonyl (C=O) groups is 1. The summed E-state index contributed by atoms with van der Waals surface area (Å²) in [7, 11) is 0. The maximum atomic E-state index is 10.9. The lowest BCUT2D eigenvalue weighted by Gasteiger charge is -2.23. The van der Waals surface area contributed by atoms with Gasteiger partial charge >= 0.3 is 5.97 Å². The molecule has 4 heteroatoms. The fourth-order valence-electron chi connectivity index (χ4n) is 2.29. The number of hydrogen-bond acceptors (Lipinski definition) is 3. The number of carboxylic acids is 1. The summed E-state index contributed by atoms with van der Waals surface area (Å²) >= 11 is 0. The summed E-state index contributed by atoms with van der Waals surface area (Å²) in [6, 6.07) is 9.94. The molecule has 1 aliphatic rings. The van der Waals surface area contributed by atoms with Gasteiger partial charge in [-0.05, 0) is 18.4 Å². The molecule has 1 aliphatic heterocycles. The van der Waals surface area contributed by atoms with Crippen LogP contribution in [0.5, 0.6) is 0 Å². The Morgan fingerprint density at radius 1 is 1.39 bits per heavy atom. The third-order valence-corrected chi connectivity index (χ3v) is 3.09. The molecule has 0 aromatic heterocycles. The zero-order valence-electron chi connectivity index (χ0n) is 10.4. The molecule has 1 aromatic rings. The van der Waals surface area contributed by atoms with Gasteiger partial charge in [-0.25, -0.2) is 0 Å². The highest BCUT2D eigenvalue weighted by Gasteiger charge is 2.20. The average Bonchev–Trinajstić information content (AvgIpc) is 2.82. The monoisotopic (exact) mass is 249 g/mol. The van der Waals surface area contributed by atoms with Crippen molar-refractivity contribution in [2.24, 2.45) is 0 Å². The summed E-state index contributed by atoms with van der Waals surface area (Å²) in [5.74, 6) is -0.788. The fraction of sp³-hybridized carbons (Fsp3) is 0.500. The molecule has 1 saturated heterocycles. The Balaban J connectivity index is 1.93. The number of rotatable bonds is 6. The van der Waals surface area contributed by atoms with E-state index in [9.17, 15) is 4.79 Å². The molecule has 98 valence electrons. The minimum atomic E-state index is -0.788. The Bertz CT molecular complexity index is 374. The highest BCUT2D eigenvalue weighted by Crippen LogP contribution is 2.14. The zero-order chi connectivity index (χ0) is 12.8. The Kier molecular flexibility index (Phi) is 4.73. The maximum Gasteiger partial charge on any atom is 0.317 e. The van der Waals surface area contributed by atoms with E-state index in [0.717, 1.165) is 25.0 Å². The number of ether oxygens (including phenoxy) is 1. The van der Waals surface area contributed by atoms with Crippen LogP contribution in [0.1, 0.15) is 18.4 Å². The molecule has 18 heavy (non-hydrogen) atoms. The van der Waals surface area contributed by atoms with Crippen LogP contribution in [0.4, 0.5) is 0 Å². The lowest BCUT2D eigenvalue weighted by Crippen LogP contribution is -2.35. The van der Waals surface area contributed by atoms with E-state index >= 15 is 0 Å². The first-order valence-corrected chi connectivity index (χ1v) is 6.34. The van der Waals surface area contributed by atoms with Gasteiger partial charge in [-0.3, -0.25) is 9.69 Å². The van der Waals surface area contributed by atoms with Gasteiger partial charge in [0.1, 0.15) is 0 Å². The van der Waals surface area contributed by atoms with Crippen molar-refractivity contribution in [3.63, 3.8) is 0 Å². The summed E-state index contributed by atoms with van der Waals surface area (Å²) in [4.78, 5) is 12.8. The lowest BCUT2D eigenvalue weighted by molar-refractivity contribution is -0.138. The van der Waals surface area contributed by atoms with Gasteiger partial charge in [-0.15, -0.1) is 0 Å². The minimum Gasteiger partial charge on any atom is -0.480 e. The Morgan fingerprint density at radius 2 is 2.17 bits per heavy atom. The molecule has 0 spiro atoms. The number of hydrogen-bond donors (Lipinski definition) is 1. The molecule has 1 aromatic carbocycles. The van der Waals surface area contributed by atoms with Gasteiger partial charge < -0.3 is 9.84 Å². The molecular weight excluding hydrogens is 230 g/mol. The van der Waals surface area contributed by atoms with Crippen molar-refractivity contribution in [2.45, 2.75) is 25.5 Å². The van der Waals surface area contributed by atoms with Crippen LogP contribution in [0, 0.1) is 0 Å². The first kappa shape index (κ1) is 13.1. The van der Waals surface area contributed by atoms with Crippen LogP contribution in [0.25, 0.3) is 0 Å². The number of carboxylic acid groups (broad SMARTS) is 1. The first-order valence-electron chi connectivity index (χ1n) is 6.34. The van der Waals surface area contributed by atoms with Crippen molar-refractivity contribution in [3.05, 3.63) is 35.9 Å². The predicted molar refractivity (Wildman–Crippen MR) is 68.3 cm³/mol. The van der Waals surface area contributed by atoms with E-state index in [2.05, 4.69) is 0 Å². The number of nitrogens with zero attached hydrogens (tertiary/aromatic N) is 1. The average molecular weight is 249 g/mol. The fourth-order valence-corrected chi connectivity index (χ4v) is 2.29. The second-order valence-corrected chi connectivity index (χ2v) is 4.68. The molecule has 0 saturated carbocycles. The van der Waals surface area contributed by atoms with Gasteiger partial charge in [0.05, 0.1) is 12.6 Å². The summed E-state index contributed by atoms with van der Waals surface area (Å²) in [5.41, 5.74) is 1.14. The van der Waals surface area contributed by atoms with Crippen molar-refractivity contribution >= 4 is 5.97 Å². The Hall–Kier alpha value is -1.39. The molecular formula is C14H19NO3. The quantitative estimate of drug-likeness (QED) is 0.834. The van der Waals surface area contributed by atoms with E-state index in [1.807, 2.05) is 35.2 Å². The van der Waals surface area contributed by atoms with Crippen LogP contribution in [0.15, 0.2) is 30.3 Å². The van der Waals surface area contributed by atoms with Gasteiger partial charge in [0.25, 0.3) is 0 Å². The van der Waals surface area contributed by atoms with Crippen LogP contribution < -0.4 is 0 Å². The summed E-state index contributed by atoms with van der Waals surface area (Å²) < 4.78 is 5.57. The van der Waals surface area contributed by atoms with Crippen LogP contribution in [-0.2, 0) is 16.1 Å². The minimum absolute atomic E-state index is 0.0642. The van der Waals surface area contributed by atoms with Crippen molar-refractivity contribution in [1.29, 1.82) is 0 Å². The molecule has 0 aliphatic carbocycles. The van der Waals surface area contributed by atoms with Crippen molar-refractivity contribution < 1.29 is 14.6 Å². The summed E-state index contributed by atoms with van der Waals surface area (Å²) in [5, 5.41) is 8.95. The molecule has 1 N–H and O–H groups in total. The predicted octanol–water partition coefficient (Wildman–Crippen LogP) is 1.75. The van der Waals surface area contributed by atoms with Crippen molar-refractivity contribution in [2.75, 3.05) is 19.7 Å². The second-order valence-electron chi connectivity index (χ2n) is 4.68. The first-order chi connectivity index (χ1) is 8.74. The molecule has 0 radical (unpaired) electrons. The van der Waals surface area contributed by atoms with E-state index in [4.69, 9.17) is 9.84 Å². The molecule has 1 fully saturated rings. The van der Waals surface area contributed by atoms with E-state index < -0.39 is 5.97 Å². The third kappa shape index (κ3) is 4.13. The molecule has 1 atom stereocenters. The second kappa shape index (κ2) is 6.52. The molecule has 0 bridgehead atoms. The molecule has 4 nitrogen and oxygen atoms in total. The standard InChI is InChI=1S/C14H19NO3/c16-14(17)11-15(10-13-7-4-8-18-13)9-12-5-2-1-3-6-12/h1-3,5-6,13H,4,7-11H2,(H,16,17)/t13-/m0/s1. The van der Waals surface area contributed by atoms with E-state index in [1.54, 1.807) is 0 Å². The Morgan fingerprint density at radius 3 is 2.78 bits per heavy atom. The highest BCUT2D eigenvalue weighted by atomic mass is 16.5. The maximum absolute atomic E-state index is 10.9. The van der Waals surface area contributed by atoms with Crippen LogP contribution in [0.3, 0.4) is 0 Å². The normalized spacial score (nSPS) is 19.3. The van der Waals surface area contributed by atoms with Crippen molar-refractivity contribution in [1.82, 2.24) is 4.90 Å². The van der Waals surface area contributed by atoms with Crippen molar-refractivity contribution in [3.8, 4) is 0 Å². The van der Waals surface area contributed by atoms with Gasteiger partial charge in [-0.2, -0.15) is 0 Å². The Labute approximate surface area is 107 Å². The van der Waals surface area contributed by atoms with Crippen LogP contribution in [-0.4, -0.2) is 41.8 Å². The topological polar surface area (TPSA) is 49.8 Å². The molecule has 0 unspecified atom stereocenters. The van der Waals surface area contributed by atoms with E-state index in [0.29, 0.717) is 13.1 Å². The van der Waals surface area contributed by atoms with Crippen LogP contribution in [0.2, 0.25) is 0 Å². The summed E-state index contributed by atoms with van der Waals surface area (Å²) in [6.07, 6.45) is 2.30. The van der Waals surface area contributed by atoms with E-state index in [-0.39, 0.29) is 12.6 Å². The zero-order valence-corrected chi connectivity index (χ0v) is 10.4. The molecule has 2 rings (SSSR count). The summed E-state index contributed by atoms with van der Waals surface area (Å²) in [6.45, 7) is 2.22.